The standard InChI is InChI=1S/C16H15NO5S3/c1-10(18)22-13-5-3-2-4-11(13)8-14-15(19)17(16(23)24-14)12-6-7-25(20,21)9-12/h2-5,8,12H,6-7,9H2,1H3/b14-8+/t12-/m1/s1. The van der Waals surface area contributed by atoms with Crippen LogP contribution in [0.1, 0.15) is 18.9 Å². The number of sulfone groups is 1. The van der Waals surface area contributed by atoms with Crippen LogP contribution in [0.25, 0.3) is 6.08 Å². The first kappa shape index (κ1) is 18.1. The quantitative estimate of drug-likeness (QED) is 0.334. The maximum Gasteiger partial charge on any atom is 0.308 e. The molecule has 0 unspecified atom stereocenters. The van der Waals surface area contributed by atoms with Gasteiger partial charge in [0, 0.05) is 12.5 Å². The number of carbonyl (C=O) groups is 2. The molecule has 1 atom stereocenters. The molecule has 2 saturated heterocycles. The van der Waals surface area contributed by atoms with E-state index in [1.165, 1.54) is 11.8 Å². The number of carbonyl (C=O) groups excluding carboxylic acids is 2. The van der Waals surface area contributed by atoms with Crippen molar-refractivity contribution in [2.45, 2.75) is 19.4 Å². The number of benzene rings is 1. The summed E-state index contributed by atoms with van der Waals surface area (Å²) in [7, 11) is -3.12. The Morgan fingerprint density at radius 3 is 2.76 bits per heavy atom. The van der Waals surface area contributed by atoms with Crippen molar-refractivity contribution in [3.05, 3.63) is 34.7 Å². The third kappa shape index (κ3) is 3.94. The van der Waals surface area contributed by atoms with Crippen LogP contribution >= 0.6 is 24.0 Å². The molecule has 25 heavy (non-hydrogen) atoms. The minimum absolute atomic E-state index is 0.0588. The number of ether oxygens (including phenoxy) is 1. The van der Waals surface area contributed by atoms with E-state index in [-0.39, 0.29) is 17.4 Å². The van der Waals surface area contributed by atoms with E-state index in [4.69, 9.17) is 17.0 Å². The minimum atomic E-state index is -3.12. The first-order chi connectivity index (χ1) is 11.8. The topological polar surface area (TPSA) is 80.8 Å². The summed E-state index contributed by atoms with van der Waals surface area (Å²) >= 11 is 6.40. The van der Waals surface area contributed by atoms with Crippen LogP contribution in [-0.4, -0.2) is 47.1 Å². The molecule has 132 valence electrons. The second-order valence-electron chi connectivity index (χ2n) is 5.74. The Bertz CT molecular complexity index is 891. The maximum atomic E-state index is 12.7. The van der Waals surface area contributed by atoms with E-state index in [0.717, 1.165) is 11.8 Å². The second kappa shape index (κ2) is 6.89. The van der Waals surface area contributed by atoms with Crippen molar-refractivity contribution >= 4 is 56.1 Å². The lowest BCUT2D eigenvalue weighted by atomic mass is 10.1. The molecule has 2 aliphatic rings. The van der Waals surface area contributed by atoms with E-state index in [1.807, 2.05) is 0 Å². The largest absolute Gasteiger partial charge is 0.426 e. The van der Waals surface area contributed by atoms with Crippen molar-refractivity contribution in [2.75, 3.05) is 11.5 Å². The van der Waals surface area contributed by atoms with E-state index in [2.05, 4.69) is 0 Å². The van der Waals surface area contributed by atoms with Crippen LogP contribution in [0.2, 0.25) is 0 Å². The van der Waals surface area contributed by atoms with Gasteiger partial charge in [-0.2, -0.15) is 0 Å². The van der Waals surface area contributed by atoms with E-state index in [9.17, 15) is 18.0 Å². The van der Waals surface area contributed by atoms with E-state index < -0.39 is 21.8 Å². The molecule has 0 bridgehead atoms. The molecule has 2 aliphatic heterocycles. The van der Waals surface area contributed by atoms with Gasteiger partial charge in [-0.1, -0.05) is 42.2 Å². The Balaban J connectivity index is 1.88. The number of amides is 1. The van der Waals surface area contributed by atoms with Gasteiger partial charge in [-0.25, -0.2) is 8.42 Å². The molecule has 1 aromatic rings. The molecule has 2 heterocycles. The van der Waals surface area contributed by atoms with Gasteiger partial charge in [-0.15, -0.1) is 0 Å². The number of nitrogens with zero attached hydrogens (tertiary/aromatic N) is 1. The van der Waals surface area contributed by atoms with Crippen molar-refractivity contribution in [1.82, 2.24) is 4.90 Å². The summed E-state index contributed by atoms with van der Waals surface area (Å²) in [6, 6.07) is 6.45. The predicted molar refractivity (Wildman–Crippen MR) is 99.8 cm³/mol. The molecule has 0 radical (unpaired) electrons. The first-order valence-corrected chi connectivity index (χ1v) is 10.6. The zero-order valence-corrected chi connectivity index (χ0v) is 15.7. The summed E-state index contributed by atoms with van der Waals surface area (Å²) in [5.74, 6) is -0.400. The van der Waals surface area contributed by atoms with Crippen molar-refractivity contribution in [3.8, 4) is 5.75 Å². The number of esters is 1. The fourth-order valence-corrected chi connectivity index (χ4v) is 5.85. The number of thiocarbonyl (C=S) groups is 1. The highest BCUT2D eigenvalue weighted by atomic mass is 32.2. The number of hydrogen-bond acceptors (Lipinski definition) is 7. The summed E-state index contributed by atoms with van der Waals surface area (Å²) in [6.07, 6.45) is 2.01. The third-order valence-electron chi connectivity index (χ3n) is 3.86. The number of para-hydroxylation sites is 1. The lowest BCUT2D eigenvalue weighted by Gasteiger charge is -2.20. The van der Waals surface area contributed by atoms with Gasteiger partial charge in [-0.3, -0.25) is 14.5 Å². The maximum absolute atomic E-state index is 12.7. The second-order valence-corrected chi connectivity index (χ2v) is 9.64. The van der Waals surface area contributed by atoms with Crippen molar-refractivity contribution < 1.29 is 22.7 Å². The average Bonchev–Trinajstić information content (AvgIpc) is 3.00. The molecule has 2 fully saturated rings. The number of rotatable bonds is 3. The molecule has 6 nitrogen and oxygen atoms in total. The van der Waals surface area contributed by atoms with Gasteiger partial charge >= 0.3 is 5.97 Å². The van der Waals surface area contributed by atoms with E-state index >= 15 is 0 Å². The molecule has 1 aromatic carbocycles. The Hall–Kier alpha value is -1.71. The molecule has 0 N–H and O–H groups in total. The highest BCUT2D eigenvalue weighted by Gasteiger charge is 2.42. The lowest BCUT2D eigenvalue weighted by molar-refractivity contribution is -0.131. The molecule has 0 spiro atoms. The van der Waals surface area contributed by atoms with Gasteiger partial charge in [0.15, 0.2) is 9.84 Å². The molecular weight excluding hydrogens is 382 g/mol. The van der Waals surface area contributed by atoms with Crippen LogP contribution in [0.5, 0.6) is 5.75 Å². The van der Waals surface area contributed by atoms with E-state index in [0.29, 0.717) is 27.0 Å². The van der Waals surface area contributed by atoms with Crippen LogP contribution in [0.15, 0.2) is 29.2 Å². The fourth-order valence-electron chi connectivity index (χ4n) is 2.76. The van der Waals surface area contributed by atoms with Crippen LogP contribution < -0.4 is 4.74 Å². The lowest BCUT2D eigenvalue weighted by Crippen LogP contribution is -2.39. The fraction of sp³-hybridized carbons (Fsp3) is 0.312. The Morgan fingerprint density at radius 1 is 1.40 bits per heavy atom. The van der Waals surface area contributed by atoms with Crippen molar-refractivity contribution in [1.29, 1.82) is 0 Å². The van der Waals surface area contributed by atoms with Crippen molar-refractivity contribution in [3.63, 3.8) is 0 Å². The SMILES string of the molecule is CC(=O)Oc1ccccc1/C=C1/SC(=S)N([C@@H]2CCS(=O)(=O)C2)C1=O. The van der Waals surface area contributed by atoms with Gasteiger partial charge in [0.05, 0.1) is 22.5 Å². The van der Waals surface area contributed by atoms with Crippen LogP contribution in [0.4, 0.5) is 0 Å². The summed E-state index contributed by atoms with van der Waals surface area (Å²) in [6.45, 7) is 1.30. The molecule has 0 saturated carbocycles. The van der Waals surface area contributed by atoms with Gasteiger partial charge in [0.2, 0.25) is 0 Å². The zero-order chi connectivity index (χ0) is 18.2. The molecule has 0 aliphatic carbocycles. The first-order valence-electron chi connectivity index (χ1n) is 7.52. The molecule has 3 rings (SSSR count). The van der Waals surface area contributed by atoms with E-state index in [1.54, 1.807) is 30.3 Å². The average molecular weight is 397 g/mol. The monoisotopic (exact) mass is 397 g/mol. The summed E-state index contributed by atoms with van der Waals surface area (Å²) < 4.78 is 28.9. The molecule has 9 heteroatoms. The molecule has 1 amide bonds. The van der Waals surface area contributed by atoms with Gasteiger partial charge < -0.3 is 4.74 Å². The highest BCUT2D eigenvalue weighted by molar-refractivity contribution is 8.26. The Labute approximate surface area is 155 Å². The van der Waals surface area contributed by atoms with Crippen LogP contribution in [0, 0.1) is 0 Å². The van der Waals surface area contributed by atoms with Gasteiger partial charge in [-0.05, 0) is 18.6 Å². The molecular formula is C16H15NO5S3. The Morgan fingerprint density at radius 2 is 2.12 bits per heavy atom. The summed E-state index contributed by atoms with van der Waals surface area (Å²) in [5, 5.41) is 0. The smallest absolute Gasteiger partial charge is 0.308 e. The van der Waals surface area contributed by atoms with Crippen LogP contribution in [0.3, 0.4) is 0 Å². The zero-order valence-electron chi connectivity index (χ0n) is 13.3. The normalized spacial score (nSPS) is 24.1. The molecule has 0 aromatic heterocycles. The predicted octanol–water partition coefficient (Wildman–Crippen LogP) is 2.00. The van der Waals surface area contributed by atoms with Crippen LogP contribution in [-0.2, 0) is 19.4 Å². The van der Waals surface area contributed by atoms with Crippen molar-refractivity contribution in [2.24, 2.45) is 0 Å². The summed E-state index contributed by atoms with van der Waals surface area (Å²) in [4.78, 5) is 25.7. The number of thioether (sulfide) groups is 1. The summed E-state index contributed by atoms with van der Waals surface area (Å²) in [5.41, 5.74) is 0.581. The minimum Gasteiger partial charge on any atom is -0.426 e. The third-order valence-corrected chi connectivity index (χ3v) is 6.94. The highest BCUT2D eigenvalue weighted by Crippen LogP contribution is 2.37. The van der Waals surface area contributed by atoms with Gasteiger partial charge in [0.25, 0.3) is 5.91 Å². The Kier molecular flexibility index (Phi) is 4.99. The van der Waals surface area contributed by atoms with Gasteiger partial charge in [0.1, 0.15) is 10.1 Å². The number of hydrogen-bond donors (Lipinski definition) is 0.